The van der Waals surface area contributed by atoms with E-state index in [-0.39, 0.29) is 51.6 Å². The minimum absolute atomic E-state index is 0.0323. The number of benzene rings is 4. The van der Waals surface area contributed by atoms with E-state index in [9.17, 15) is 28.8 Å². The molecule has 4 aliphatic rings. The van der Waals surface area contributed by atoms with Gasteiger partial charge in [0.2, 0.25) is 5.69 Å². The number of hydroxylamine groups is 4. The molecule has 0 radical (unpaired) electrons. The van der Waals surface area contributed by atoms with Crippen molar-refractivity contribution in [2.75, 3.05) is 18.0 Å². The second-order valence-corrected chi connectivity index (χ2v) is 16.6. The predicted molar refractivity (Wildman–Crippen MR) is 230 cm³/mol. The van der Waals surface area contributed by atoms with Crippen LogP contribution in [-0.4, -0.2) is 69.1 Å². The van der Waals surface area contributed by atoms with E-state index in [1.54, 1.807) is 0 Å². The molecule has 0 aliphatic carbocycles. The largest absolute Gasteiger partial charge is 0.343 e. The monoisotopic (exact) mass is 819 g/mol. The molecule has 4 aromatic rings. The summed E-state index contributed by atoms with van der Waals surface area (Å²) in [6, 6.07) is 24.7. The van der Waals surface area contributed by atoms with E-state index in [1.807, 2.05) is 66.8 Å². The van der Waals surface area contributed by atoms with Crippen molar-refractivity contribution in [1.29, 1.82) is 0 Å². The third-order valence-corrected chi connectivity index (χ3v) is 11.9. The van der Waals surface area contributed by atoms with Crippen LogP contribution in [0.25, 0.3) is 21.5 Å². The SMILES string of the molecule is CC1(C)C(/C=C/C=C/C=C/C=C2/N(CCC(=O)ON3C(=O)CCC3=O)c3ccc4ccccc4c3C2(C)C)=[N+](CCC(=O)ON2C(=O)CCC2=O)c2ccc3ccccc3c21. The lowest BCUT2D eigenvalue weighted by atomic mass is 9.79. The molecule has 12 heteroatoms. The lowest BCUT2D eigenvalue weighted by molar-refractivity contribution is -0.437. The van der Waals surface area contributed by atoms with Gasteiger partial charge >= 0.3 is 11.9 Å². The lowest BCUT2D eigenvalue weighted by Crippen LogP contribution is -2.34. The van der Waals surface area contributed by atoms with E-state index in [1.165, 1.54) is 0 Å². The molecule has 4 heterocycles. The van der Waals surface area contributed by atoms with Crippen molar-refractivity contribution in [3.63, 3.8) is 0 Å². The van der Waals surface area contributed by atoms with Crippen LogP contribution in [0.5, 0.6) is 0 Å². The van der Waals surface area contributed by atoms with Gasteiger partial charge in [-0.2, -0.15) is 4.58 Å². The maximum atomic E-state index is 12.9. The first-order valence-corrected chi connectivity index (χ1v) is 20.6. The fourth-order valence-corrected chi connectivity index (χ4v) is 9.06. The summed E-state index contributed by atoms with van der Waals surface area (Å²) in [6.45, 7) is 9.20. The average molecular weight is 820 g/mol. The summed E-state index contributed by atoms with van der Waals surface area (Å²) in [7, 11) is 0. The van der Waals surface area contributed by atoms with Crippen molar-refractivity contribution in [2.45, 2.75) is 77.0 Å². The van der Waals surface area contributed by atoms with Crippen molar-refractivity contribution in [2.24, 2.45) is 0 Å². The summed E-state index contributed by atoms with van der Waals surface area (Å²) in [4.78, 5) is 86.7. The van der Waals surface area contributed by atoms with Gasteiger partial charge < -0.3 is 14.6 Å². The number of nitrogens with zero attached hydrogens (tertiary/aromatic N) is 4. The maximum Gasteiger partial charge on any atom is 0.339 e. The Kier molecular flexibility index (Phi) is 10.9. The van der Waals surface area contributed by atoms with E-state index < -0.39 is 46.4 Å². The van der Waals surface area contributed by atoms with Gasteiger partial charge in [0.15, 0.2) is 12.3 Å². The van der Waals surface area contributed by atoms with E-state index in [0.717, 1.165) is 55.5 Å². The highest BCUT2D eigenvalue weighted by molar-refractivity contribution is 6.08. The molecule has 4 aromatic carbocycles. The number of imide groups is 2. The number of anilines is 1. The molecule has 0 spiro atoms. The van der Waals surface area contributed by atoms with Crippen molar-refractivity contribution >= 4 is 74.2 Å². The molecule has 12 nitrogen and oxygen atoms in total. The Bertz CT molecular complexity index is 2670. The first kappa shape index (κ1) is 40.8. The fourth-order valence-electron chi connectivity index (χ4n) is 9.06. The van der Waals surface area contributed by atoms with Gasteiger partial charge in [0, 0.05) is 66.7 Å². The third kappa shape index (κ3) is 7.58. The van der Waals surface area contributed by atoms with Crippen LogP contribution in [-0.2, 0) is 49.3 Å². The standard InChI is InChI=1S/C49H47N4O8/c1-48(2)38(50(30-28-44(58)60-52-40(54)24-25-41(52)55)36-22-20-32-14-10-12-16-34(32)46(36)48)18-8-6-5-7-9-19-39-49(3,4)47-35-17-13-11-15-33(35)21-23-37(47)51(39)31-29-45(59)61-53-42(56)26-27-43(53)57/h5-23H,24-31H2,1-4H3/q+1. The molecule has 0 bridgehead atoms. The van der Waals surface area contributed by atoms with Crippen molar-refractivity contribution in [3.8, 4) is 0 Å². The zero-order valence-corrected chi connectivity index (χ0v) is 34.7. The highest BCUT2D eigenvalue weighted by Crippen LogP contribution is 2.51. The van der Waals surface area contributed by atoms with Gasteiger partial charge in [-0.15, -0.1) is 10.1 Å². The molecule has 0 aromatic heterocycles. The summed E-state index contributed by atoms with van der Waals surface area (Å²) in [5, 5.41) is 5.63. The number of carbonyl (C=O) groups is 6. The summed E-state index contributed by atoms with van der Waals surface area (Å²) >= 11 is 0. The number of carbonyl (C=O) groups excluding carboxylic acids is 6. The molecular formula is C49H47N4O8+. The minimum Gasteiger partial charge on any atom is -0.343 e. The molecule has 4 amide bonds. The molecule has 0 atom stereocenters. The molecule has 0 saturated carbocycles. The number of hydrogen-bond donors (Lipinski definition) is 0. The predicted octanol–water partition coefficient (Wildman–Crippen LogP) is 7.71. The van der Waals surface area contributed by atoms with Crippen molar-refractivity contribution in [1.82, 2.24) is 10.1 Å². The van der Waals surface area contributed by atoms with Gasteiger partial charge in [-0.1, -0.05) is 98.8 Å². The highest BCUT2D eigenvalue weighted by atomic mass is 16.7. The van der Waals surface area contributed by atoms with Gasteiger partial charge in [0.25, 0.3) is 23.6 Å². The van der Waals surface area contributed by atoms with Crippen LogP contribution in [0.2, 0.25) is 0 Å². The van der Waals surface area contributed by atoms with Crippen LogP contribution in [0.1, 0.15) is 77.3 Å². The topological polar surface area (TPSA) is 134 Å². The number of fused-ring (bicyclic) bond motifs is 6. The number of allylic oxidation sites excluding steroid dienone is 8. The molecule has 4 aliphatic heterocycles. The van der Waals surface area contributed by atoms with Crippen LogP contribution >= 0.6 is 0 Å². The Balaban J connectivity index is 1.03. The second-order valence-electron chi connectivity index (χ2n) is 16.6. The average Bonchev–Trinajstić information content (AvgIpc) is 3.88. The molecular weight excluding hydrogens is 773 g/mol. The quantitative estimate of drug-likeness (QED) is 0.0801. The van der Waals surface area contributed by atoms with Crippen LogP contribution in [0.4, 0.5) is 11.4 Å². The smallest absolute Gasteiger partial charge is 0.339 e. The molecule has 2 saturated heterocycles. The van der Waals surface area contributed by atoms with Gasteiger partial charge in [-0.25, -0.2) is 9.59 Å². The summed E-state index contributed by atoms with van der Waals surface area (Å²) in [5.74, 6) is -3.37. The first-order chi connectivity index (χ1) is 29.3. The molecule has 0 N–H and O–H groups in total. The van der Waals surface area contributed by atoms with E-state index in [0.29, 0.717) is 10.1 Å². The van der Waals surface area contributed by atoms with Gasteiger partial charge in [0.05, 0.1) is 11.8 Å². The van der Waals surface area contributed by atoms with Crippen LogP contribution in [0.15, 0.2) is 121 Å². The van der Waals surface area contributed by atoms with Crippen LogP contribution in [0, 0.1) is 0 Å². The molecule has 310 valence electrons. The molecule has 0 unspecified atom stereocenters. The maximum absolute atomic E-state index is 12.9. The Morgan fingerprint density at radius 2 is 1.15 bits per heavy atom. The third-order valence-electron chi connectivity index (χ3n) is 11.9. The van der Waals surface area contributed by atoms with Gasteiger partial charge in [-0.05, 0) is 59.2 Å². The molecule has 8 rings (SSSR count). The van der Waals surface area contributed by atoms with Crippen LogP contribution in [0.3, 0.4) is 0 Å². The zero-order chi connectivity index (χ0) is 43.1. The van der Waals surface area contributed by atoms with E-state index >= 15 is 0 Å². The number of amides is 4. The Morgan fingerprint density at radius 3 is 1.77 bits per heavy atom. The normalized spacial score (nSPS) is 19.0. The first-order valence-electron chi connectivity index (χ1n) is 20.6. The van der Waals surface area contributed by atoms with Crippen molar-refractivity contribution in [3.05, 3.63) is 132 Å². The molecule has 2 fully saturated rings. The Hall–Kier alpha value is -6.95. The zero-order valence-electron chi connectivity index (χ0n) is 34.7. The van der Waals surface area contributed by atoms with E-state index in [2.05, 4.69) is 85.7 Å². The number of rotatable bonds is 12. The van der Waals surface area contributed by atoms with Crippen molar-refractivity contribution < 1.29 is 43.0 Å². The summed E-state index contributed by atoms with van der Waals surface area (Å²) in [5.41, 5.74) is 5.31. The van der Waals surface area contributed by atoms with Crippen LogP contribution < -0.4 is 4.90 Å². The summed E-state index contributed by atoms with van der Waals surface area (Å²) < 4.78 is 2.11. The second kappa shape index (κ2) is 16.2. The Morgan fingerprint density at radius 1 is 0.623 bits per heavy atom. The highest BCUT2D eigenvalue weighted by Gasteiger charge is 2.46. The lowest BCUT2D eigenvalue weighted by Gasteiger charge is -2.27. The van der Waals surface area contributed by atoms with E-state index in [4.69, 9.17) is 9.68 Å². The Labute approximate surface area is 353 Å². The fraction of sp³-hybridized carbons (Fsp3) is 0.286. The molecule has 61 heavy (non-hydrogen) atoms. The van der Waals surface area contributed by atoms with Gasteiger partial charge in [0.1, 0.15) is 6.42 Å². The minimum atomic E-state index is -0.659. The summed E-state index contributed by atoms with van der Waals surface area (Å²) in [6.07, 6.45) is 13.9. The number of hydrogen-bond acceptors (Lipinski definition) is 9. The van der Waals surface area contributed by atoms with Gasteiger partial charge in [-0.3, -0.25) is 19.2 Å².